The van der Waals surface area contributed by atoms with Gasteiger partial charge in [0.15, 0.2) is 0 Å². The van der Waals surface area contributed by atoms with Crippen LogP contribution in [0.3, 0.4) is 0 Å². The first-order chi connectivity index (χ1) is 13.3. The Hall–Kier alpha value is -2.20. The largest absolute Gasteiger partial charge is 0.423 e. The van der Waals surface area contributed by atoms with Crippen molar-refractivity contribution in [1.29, 1.82) is 0 Å². The van der Waals surface area contributed by atoms with Crippen molar-refractivity contribution >= 4 is 31.3 Å². The zero-order chi connectivity index (χ0) is 20.4. The molecule has 0 atom stereocenters. The molecule has 0 spiro atoms. The molecule has 1 heterocycles. The molecule has 0 unspecified atom stereocenters. The van der Waals surface area contributed by atoms with Crippen LogP contribution in [0.15, 0.2) is 74.0 Å². The monoisotopic (exact) mass is 441 g/mol. The van der Waals surface area contributed by atoms with E-state index in [9.17, 15) is 16.8 Å². The van der Waals surface area contributed by atoms with E-state index >= 15 is 0 Å². The minimum atomic E-state index is -4.27. The van der Waals surface area contributed by atoms with Gasteiger partial charge in [0, 0.05) is 17.7 Å². The van der Waals surface area contributed by atoms with Crippen LogP contribution in [0.25, 0.3) is 11.5 Å². The molecule has 28 heavy (non-hydrogen) atoms. The molecule has 1 aromatic heterocycles. The minimum Gasteiger partial charge on any atom is -0.423 e. The van der Waals surface area contributed by atoms with E-state index in [-0.39, 0.29) is 17.4 Å². The van der Waals surface area contributed by atoms with Gasteiger partial charge in [-0.1, -0.05) is 29.8 Å². The number of rotatable bonds is 7. The predicted molar refractivity (Wildman–Crippen MR) is 103 cm³/mol. The highest BCUT2D eigenvalue weighted by atomic mass is 35.5. The van der Waals surface area contributed by atoms with Crippen LogP contribution in [-0.2, 0) is 24.4 Å². The van der Waals surface area contributed by atoms with Gasteiger partial charge in [-0.2, -0.15) is 4.98 Å². The van der Waals surface area contributed by atoms with E-state index in [2.05, 4.69) is 4.98 Å². The topological polar surface area (TPSA) is 104 Å². The van der Waals surface area contributed by atoms with E-state index in [1.54, 1.807) is 30.3 Å². The first-order valence-electron chi connectivity index (χ1n) is 8.04. The molecule has 0 saturated heterocycles. The summed E-state index contributed by atoms with van der Waals surface area (Å²) in [7, 11) is -7.02. The van der Waals surface area contributed by atoms with Crippen LogP contribution in [-0.4, -0.2) is 41.3 Å². The van der Waals surface area contributed by atoms with Crippen LogP contribution in [0, 0.1) is 0 Å². The number of benzene rings is 2. The standard InChI is InChI=1S/C18H16ClNO6S2/c1-25-11-12-27(21,22)18-17(20-16(26-18)13-5-3-2-4-6-13)28(23,24)15-9-7-14(19)8-10-15/h2-10H,11-12H2,1H3. The van der Waals surface area contributed by atoms with Crippen molar-refractivity contribution in [3.05, 3.63) is 59.6 Å². The van der Waals surface area contributed by atoms with E-state index in [0.29, 0.717) is 10.6 Å². The van der Waals surface area contributed by atoms with E-state index in [4.69, 9.17) is 20.8 Å². The molecule has 0 fully saturated rings. The lowest BCUT2D eigenvalue weighted by molar-refractivity contribution is 0.216. The van der Waals surface area contributed by atoms with E-state index < -0.39 is 35.5 Å². The van der Waals surface area contributed by atoms with Crippen molar-refractivity contribution in [2.75, 3.05) is 19.5 Å². The molecule has 148 valence electrons. The van der Waals surface area contributed by atoms with Gasteiger partial charge in [0.1, 0.15) is 0 Å². The number of hydrogen-bond acceptors (Lipinski definition) is 7. The van der Waals surface area contributed by atoms with Crippen molar-refractivity contribution in [3.63, 3.8) is 0 Å². The molecule has 3 rings (SSSR count). The Morgan fingerprint density at radius 1 is 1.00 bits per heavy atom. The summed E-state index contributed by atoms with van der Waals surface area (Å²) in [6.07, 6.45) is 0. The smallest absolute Gasteiger partial charge is 0.258 e. The fraction of sp³-hybridized carbons (Fsp3) is 0.167. The van der Waals surface area contributed by atoms with Crippen LogP contribution >= 0.6 is 11.6 Å². The maximum atomic E-state index is 13.1. The van der Waals surface area contributed by atoms with Crippen LogP contribution < -0.4 is 0 Å². The molecule has 0 aliphatic heterocycles. The Morgan fingerprint density at radius 2 is 1.64 bits per heavy atom. The molecule has 2 aromatic carbocycles. The van der Waals surface area contributed by atoms with Gasteiger partial charge in [0.25, 0.3) is 5.09 Å². The van der Waals surface area contributed by atoms with Crippen LogP contribution in [0.5, 0.6) is 0 Å². The molecular formula is C18H16ClNO6S2. The Kier molecular flexibility index (Phi) is 5.90. The summed E-state index contributed by atoms with van der Waals surface area (Å²) in [5, 5.41) is -1.03. The first-order valence-corrected chi connectivity index (χ1v) is 11.6. The summed E-state index contributed by atoms with van der Waals surface area (Å²) in [6.45, 7) is -0.121. The molecule has 0 radical (unpaired) electrons. The van der Waals surface area contributed by atoms with Crippen molar-refractivity contribution in [3.8, 4) is 11.5 Å². The Morgan fingerprint density at radius 3 is 2.25 bits per heavy atom. The Balaban J connectivity index is 2.21. The molecule has 7 nitrogen and oxygen atoms in total. The normalized spacial score (nSPS) is 12.2. The number of nitrogens with zero attached hydrogens (tertiary/aromatic N) is 1. The van der Waals surface area contributed by atoms with Crippen LogP contribution in [0.4, 0.5) is 0 Å². The minimum absolute atomic E-state index is 0.107. The highest BCUT2D eigenvalue weighted by Gasteiger charge is 2.35. The molecule has 0 bridgehead atoms. The quantitative estimate of drug-likeness (QED) is 0.554. The summed E-state index contributed by atoms with van der Waals surface area (Å²) in [5.41, 5.74) is 0.447. The summed E-state index contributed by atoms with van der Waals surface area (Å²) in [4.78, 5) is 3.87. The number of aromatic nitrogens is 1. The lowest BCUT2D eigenvalue weighted by Gasteiger charge is -2.05. The van der Waals surface area contributed by atoms with Gasteiger partial charge < -0.3 is 9.15 Å². The van der Waals surface area contributed by atoms with Gasteiger partial charge in [-0.05, 0) is 36.4 Å². The van der Waals surface area contributed by atoms with E-state index in [1.807, 2.05) is 0 Å². The van der Waals surface area contributed by atoms with Gasteiger partial charge in [0.05, 0.1) is 17.3 Å². The van der Waals surface area contributed by atoms with E-state index in [1.165, 1.54) is 31.4 Å². The molecule has 3 aromatic rings. The lowest BCUT2D eigenvalue weighted by atomic mass is 10.2. The van der Waals surface area contributed by atoms with Gasteiger partial charge in [-0.3, -0.25) is 0 Å². The van der Waals surface area contributed by atoms with Crippen molar-refractivity contribution in [1.82, 2.24) is 4.98 Å². The average molecular weight is 442 g/mol. The van der Waals surface area contributed by atoms with Crippen molar-refractivity contribution in [2.45, 2.75) is 15.0 Å². The second kappa shape index (κ2) is 8.04. The summed E-state index contributed by atoms with van der Waals surface area (Å²) < 4.78 is 61.8. The zero-order valence-electron chi connectivity index (χ0n) is 14.7. The van der Waals surface area contributed by atoms with Crippen molar-refractivity contribution < 1.29 is 26.0 Å². The fourth-order valence-electron chi connectivity index (χ4n) is 2.37. The van der Waals surface area contributed by atoms with Gasteiger partial charge >= 0.3 is 0 Å². The maximum absolute atomic E-state index is 13.1. The van der Waals surface area contributed by atoms with Gasteiger partial charge in [-0.15, -0.1) is 0 Å². The number of sulfone groups is 2. The molecule has 0 aliphatic rings. The zero-order valence-corrected chi connectivity index (χ0v) is 17.1. The number of oxazole rings is 1. The molecular weight excluding hydrogens is 426 g/mol. The second-order valence-electron chi connectivity index (χ2n) is 5.75. The molecule has 10 heteroatoms. The SMILES string of the molecule is COCCS(=O)(=O)c1oc(-c2ccccc2)nc1S(=O)(=O)c1ccc(Cl)cc1. The second-order valence-corrected chi connectivity index (χ2v) is 10.1. The lowest BCUT2D eigenvalue weighted by Crippen LogP contribution is -2.15. The van der Waals surface area contributed by atoms with Crippen molar-refractivity contribution in [2.24, 2.45) is 0 Å². The average Bonchev–Trinajstić information content (AvgIpc) is 3.15. The maximum Gasteiger partial charge on any atom is 0.258 e. The summed E-state index contributed by atoms with van der Waals surface area (Å²) in [6, 6.07) is 13.8. The van der Waals surface area contributed by atoms with Crippen LogP contribution in [0.2, 0.25) is 5.02 Å². The molecule has 0 N–H and O–H groups in total. The summed E-state index contributed by atoms with van der Waals surface area (Å²) in [5.74, 6) is -0.556. The van der Waals surface area contributed by atoms with Gasteiger partial charge in [0.2, 0.25) is 30.6 Å². The Labute approximate surface area is 167 Å². The third-order valence-electron chi connectivity index (χ3n) is 3.80. The number of ether oxygens (including phenoxy) is 1. The predicted octanol–water partition coefficient (Wildman–Crippen LogP) is 3.25. The third-order valence-corrected chi connectivity index (χ3v) is 7.41. The number of hydrogen-bond donors (Lipinski definition) is 0. The summed E-state index contributed by atoms with van der Waals surface area (Å²) >= 11 is 5.81. The number of halogens is 1. The van der Waals surface area contributed by atoms with Gasteiger partial charge in [-0.25, -0.2) is 16.8 Å². The first kappa shape index (κ1) is 20.5. The highest BCUT2D eigenvalue weighted by molar-refractivity contribution is 7.94. The third kappa shape index (κ3) is 4.12. The highest BCUT2D eigenvalue weighted by Crippen LogP contribution is 2.32. The molecule has 0 amide bonds. The van der Waals surface area contributed by atoms with E-state index in [0.717, 1.165) is 0 Å². The molecule has 0 saturated carbocycles. The fourth-order valence-corrected chi connectivity index (χ4v) is 5.48. The van der Waals surface area contributed by atoms with Crippen LogP contribution in [0.1, 0.15) is 0 Å². The number of methoxy groups -OCH3 is 1. The Bertz CT molecular complexity index is 1170. The molecule has 0 aliphatic carbocycles.